The van der Waals surface area contributed by atoms with Gasteiger partial charge in [0.15, 0.2) is 0 Å². The Hall–Kier alpha value is -0.860. The Morgan fingerprint density at radius 3 is 2.18 bits per heavy atom. The van der Waals surface area contributed by atoms with E-state index in [2.05, 4.69) is 32.9 Å². The molecule has 0 aliphatic carbocycles. The fourth-order valence-electron chi connectivity index (χ4n) is 2.06. The van der Waals surface area contributed by atoms with Gasteiger partial charge in [0, 0.05) is 5.54 Å². The maximum atomic E-state index is 12.4. The number of hydrogen-bond donors (Lipinski definition) is 0. The Bertz CT molecular complexity index is 365. The number of hydrogen-bond acceptors (Lipinski definition) is 1. The van der Waals surface area contributed by atoms with Crippen molar-refractivity contribution in [1.82, 2.24) is 5.06 Å². The van der Waals surface area contributed by atoms with Gasteiger partial charge in [0.1, 0.15) is 0 Å². The Kier molecular flexibility index (Phi) is 4.34. The van der Waals surface area contributed by atoms with E-state index in [-0.39, 0.29) is 11.6 Å². The summed E-state index contributed by atoms with van der Waals surface area (Å²) in [6, 6.07) is 8.18. The molecule has 0 heterocycles. The topological polar surface area (TPSA) is 23.1 Å². The van der Waals surface area contributed by atoms with Crippen LogP contribution in [0.15, 0.2) is 24.3 Å². The van der Waals surface area contributed by atoms with E-state index >= 15 is 0 Å². The van der Waals surface area contributed by atoms with Crippen molar-refractivity contribution in [3.63, 3.8) is 0 Å². The van der Waals surface area contributed by atoms with E-state index < -0.39 is 0 Å². The average molecular weight is 234 g/mol. The Morgan fingerprint density at radius 2 is 1.76 bits per heavy atom. The van der Waals surface area contributed by atoms with Crippen LogP contribution in [-0.4, -0.2) is 10.6 Å². The molecule has 0 fully saturated rings. The van der Waals surface area contributed by atoms with Crippen LogP contribution in [0.3, 0.4) is 0 Å². The van der Waals surface area contributed by atoms with Crippen LogP contribution >= 0.6 is 0 Å². The lowest BCUT2D eigenvalue weighted by molar-refractivity contribution is -0.250. The minimum Gasteiger partial charge on any atom is -0.142 e. The van der Waals surface area contributed by atoms with Gasteiger partial charge in [0.2, 0.25) is 0 Å². The molecule has 1 unspecified atom stereocenters. The van der Waals surface area contributed by atoms with Gasteiger partial charge in [0.05, 0.1) is 6.04 Å². The molecule has 1 radical (unpaired) electrons. The van der Waals surface area contributed by atoms with E-state index in [1.807, 2.05) is 32.9 Å². The zero-order valence-electron chi connectivity index (χ0n) is 11.8. The summed E-state index contributed by atoms with van der Waals surface area (Å²) in [7, 11) is 0. The lowest BCUT2D eigenvalue weighted by Crippen LogP contribution is -2.42. The summed E-state index contributed by atoms with van der Waals surface area (Å²) in [5, 5.41) is 13.7. The Morgan fingerprint density at radius 1 is 1.18 bits per heavy atom. The molecular weight excluding hydrogens is 210 g/mol. The van der Waals surface area contributed by atoms with Gasteiger partial charge in [-0.1, -0.05) is 43.7 Å². The van der Waals surface area contributed by atoms with Crippen LogP contribution < -0.4 is 0 Å². The molecule has 0 saturated carbocycles. The van der Waals surface area contributed by atoms with Crippen LogP contribution in [-0.2, 0) is 5.21 Å². The quantitative estimate of drug-likeness (QED) is 0.721. The second-order valence-corrected chi connectivity index (χ2v) is 6.10. The van der Waals surface area contributed by atoms with Gasteiger partial charge in [-0.3, -0.25) is 0 Å². The van der Waals surface area contributed by atoms with Gasteiger partial charge >= 0.3 is 0 Å². The van der Waals surface area contributed by atoms with Gasteiger partial charge in [-0.25, -0.2) is 0 Å². The number of aryl methyl sites for hydroxylation is 1. The fourth-order valence-corrected chi connectivity index (χ4v) is 2.06. The third-order valence-corrected chi connectivity index (χ3v) is 2.93. The van der Waals surface area contributed by atoms with Crippen molar-refractivity contribution >= 4 is 0 Å². The van der Waals surface area contributed by atoms with Crippen LogP contribution in [0.5, 0.6) is 0 Å². The van der Waals surface area contributed by atoms with Gasteiger partial charge < -0.3 is 0 Å². The van der Waals surface area contributed by atoms with E-state index in [1.54, 1.807) is 0 Å². The van der Waals surface area contributed by atoms with Crippen molar-refractivity contribution in [2.45, 2.75) is 53.1 Å². The molecule has 0 aliphatic heterocycles. The largest absolute Gasteiger partial charge is 0.142 e. The van der Waals surface area contributed by atoms with Crippen LogP contribution in [0, 0.1) is 12.8 Å². The number of benzene rings is 1. The molecule has 0 aliphatic rings. The highest BCUT2D eigenvalue weighted by molar-refractivity contribution is 5.25. The van der Waals surface area contributed by atoms with Crippen molar-refractivity contribution in [2.75, 3.05) is 0 Å². The predicted molar refractivity (Wildman–Crippen MR) is 71.0 cm³/mol. The second-order valence-electron chi connectivity index (χ2n) is 6.10. The molecule has 0 bridgehead atoms. The molecule has 1 rings (SSSR count). The molecular formula is C15H24NO. The van der Waals surface area contributed by atoms with Crippen molar-refractivity contribution in [1.29, 1.82) is 0 Å². The van der Waals surface area contributed by atoms with Gasteiger partial charge in [-0.15, -0.1) is 10.3 Å². The van der Waals surface area contributed by atoms with E-state index in [0.29, 0.717) is 5.92 Å². The molecule has 95 valence electrons. The molecule has 0 aromatic heterocycles. The van der Waals surface area contributed by atoms with Crippen molar-refractivity contribution in [3.8, 4) is 0 Å². The van der Waals surface area contributed by atoms with E-state index in [0.717, 1.165) is 5.56 Å². The van der Waals surface area contributed by atoms with Gasteiger partial charge in [0.25, 0.3) is 0 Å². The van der Waals surface area contributed by atoms with E-state index in [1.165, 1.54) is 10.6 Å². The third-order valence-electron chi connectivity index (χ3n) is 2.93. The van der Waals surface area contributed by atoms with Crippen molar-refractivity contribution < 1.29 is 5.21 Å². The SMILES string of the molecule is Cc1cccc(C(C(C)C)N([O])C(C)(C)C)c1. The summed E-state index contributed by atoms with van der Waals surface area (Å²) in [6.07, 6.45) is 0. The van der Waals surface area contributed by atoms with Gasteiger partial charge in [-0.2, -0.15) is 0 Å². The van der Waals surface area contributed by atoms with Crippen LogP contribution in [0.2, 0.25) is 0 Å². The number of nitrogens with zero attached hydrogens (tertiary/aromatic N) is 1. The van der Waals surface area contributed by atoms with Crippen molar-refractivity contribution in [2.24, 2.45) is 5.92 Å². The summed E-state index contributed by atoms with van der Waals surface area (Å²) in [5.74, 6) is 0.300. The molecule has 17 heavy (non-hydrogen) atoms. The summed E-state index contributed by atoms with van der Waals surface area (Å²) in [5.41, 5.74) is 1.96. The lowest BCUT2D eigenvalue weighted by atomic mass is 9.91. The van der Waals surface area contributed by atoms with E-state index in [4.69, 9.17) is 0 Å². The molecule has 0 saturated heterocycles. The van der Waals surface area contributed by atoms with Crippen LogP contribution in [0.1, 0.15) is 51.8 Å². The number of rotatable bonds is 3. The van der Waals surface area contributed by atoms with Crippen LogP contribution in [0.4, 0.5) is 0 Å². The zero-order chi connectivity index (χ0) is 13.2. The highest BCUT2D eigenvalue weighted by Gasteiger charge is 2.32. The van der Waals surface area contributed by atoms with E-state index in [9.17, 15) is 5.21 Å². The zero-order valence-corrected chi connectivity index (χ0v) is 11.8. The molecule has 0 amide bonds. The van der Waals surface area contributed by atoms with Crippen molar-refractivity contribution in [3.05, 3.63) is 35.4 Å². The first-order valence-corrected chi connectivity index (χ1v) is 6.26. The monoisotopic (exact) mass is 234 g/mol. The first kappa shape index (κ1) is 14.2. The standard InChI is InChI=1S/C15H24NO/c1-11(2)14(16(17)15(4,5)6)13-9-7-8-12(3)10-13/h7-11,14H,1-6H3. The normalized spacial score (nSPS) is 14.4. The molecule has 1 aromatic rings. The minimum atomic E-state index is -0.362. The first-order chi connectivity index (χ1) is 7.73. The van der Waals surface area contributed by atoms with Gasteiger partial charge in [-0.05, 0) is 39.2 Å². The molecule has 0 N–H and O–H groups in total. The summed E-state index contributed by atoms with van der Waals surface area (Å²) in [4.78, 5) is 0. The maximum Gasteiger partial charge on any atom is 0.0661 e. The molecule has 1 atom stereocenters. The maximum absolute atomic E-state index is 12.4. The lowest BCUT2D eigenvalue weighted by Gasteiger charge is -2.36. The summed E-state index contributed by atoms with van der Waals surface area (Å²) >= 11 is 0. The second kappa shape index (κ2) is 5.19. The summed E-state index contributed by atoms with van der Waals surface area (Å²) < 4.78 is 0. The highest BCUT2D eigenvalue weighted by atomic mass is 16.5. The molecule has 0 spiro atoms. The average Bonchev–Trinajstić information content (AvgIpc) is 2.15. The number of hydroxylamine groups is 2. The molecule has 1 aromatic carbocycles. The van der Waals surface area contributed by atoms with Crippen LogP contribution in [0.25, 0.3) is 0 Å². The molecule has 2 nitrogen and oxygen atoms in total. The smallest absolute Gasteiger partial charge is 0.0661 e. The molecule has 2 heteroatoms. The first-order valence-electron chi connectivity index (χ1n) is 6.26. The Labute approximate surface area is 105 Å². The fraction of sp³-hybridized carbons (Fsp3) is 0.600. The Balaban J connectivity index is 3.10. The summed E-state index contributed by atoms with van der Waals surface area (Å²) in [6.45, 7) is 12.2. The third kappa shape index (κ3) is 3.55. The minimum absolute atomic E-state index is 0.0742. The highest BCUT2D eigenvalue weighted by Crippen LogP contribution is 2.32. The predicted octanol–water partition coefficient (Wildman–Crippen LogP) is 4.14.